The molecule has 0 saturated heterocycles. The fraction of sp³-hybridized carbons (Fsp3) is 0. The van der Waals surface area contributed by atoms with Gasteiger partial charge in [0.05, 0.1) is 0 Å². The van der Waals surface area contributed by atoms with Crippen molar-refractivity contribution in [3.63, 3.8) is 0 Å². The van der Waals surface area contributed by atoms with Crippen molar-refractivity contribution in [2.45, 2.75) is 0 Å². The molecular weight excluding hydrogens is 432 g/mol. The molecule has 0 bridgehead atoms. The van der Waals surface area contributed by atoms with Gasteiger partial charge in [-0.25, -0.2) is 0 Å². The fourth-order valence-electron chi connectivity index (χ4n) is 5.42. The van der Waals surface area contributed by atoms with Gasteiger partial charge < -0.3 is 0 Å². The minimum absolute atomic E-state index is 1.06. The van der Waals surface area contributed by atoms with Gasteiger partial charge in [0.15, 0.2) is 0 Å². The van der Waals surface area contributed by atoms with Crippen LogP contribution in [0.15, 0.2) is 147 Å². The normalized spacial score (nSPS) is 11.7. The van der Waals surface area contributed by atoms with Crippen molar-refractivity contribution in [1.29, 1.82) is 0 Å². The summed E-state index contributed by atoms with van der Waals surface area (Å²) in [6.07, 6.45) is 5.74. The van der Waals surface area contributed by atoms with Crippen molar-refractivity contribution >= 4 is 37.9 Å². The van der Waals surface area contributed by atoms with Gasteiger partial charge in [-0.15, -0.1) is 0 Å². The Bertz CT molecular complexity index is 1790. The summed E-state index contributed by atoms with van der Waals surface area (Å²) in [4.78, 5) is 0. The lowest BCUT2D eigenvalue weighted by Crippen LogP contribution is -1.93. The van der Waals surface area contributed by atoms with Crippen LogP contribution in [0, 0.1) is 0 Å². The van der Waals surface area contributed by atoms with E-state index in [-0.39, 0.29) is 0 Å². The molecule has 0 amide bonds. The Morgan fingerprint density at radius 2 is 1.17 bits per heavy atom. The van der Waals surface area contributed by atoms with E-state index >= 15 is 0 Å². The van der Waals surface area contributed by atoms with E-state index in [4.69, 9.17) is 0 Å². The van der Waals surface area contributed by atoms with Crippen LogP contribution < -0.4 is 0 Å². The summed E-state index contributed by atoms with van der Waals surface area (Å²) < 4.78 is 0. The zero-order valence-corrected chi connectivity index (χ0v) is 20.1. The van der Waals surface area contributed by atoms with Crippen LogP contribution in [0.2, 0.25) is 0 Å². The van der Waals surface area contributed by atoms with Crippen LogP contribution >= 0.6 is 0 Å². The lowest BCUT2D eigenvalue weighted by Gasteiger charge is -2.19. The van der Waals surface area contributed by atoms with E-state index in [2.05, 4.69) is 128 Å². The van der Waals surface area contributed by atoms with Gasteiger partial charge in [0.2, 0.25) is 0 Å². The average molecular weight is 459 g/mol. The minimum atomic E-state index is 1.06. The maximum Gasteiger partial charge on any atom is -0.00201 e. The number of benzene rings is 6. The van der Waals surface area contributed by atoms with Gasteiger partial charge >= 0.3 is 0 Å². The summed E-state index contributed by atoms with van der Waals surface area (Å²) in [6.45, 7) is 7.95. The van der Waals surface area contributed by atoms with Crippen molar-refractivity contribution in [3.8, 4) is 22.3 Å². The molecule has 6 rings (SSSR count). The molecule has 36 heavy (non-hydrogen) atoms. The maximum atomic E-state index is 4.05. The van der Waals surface area contributed by atoms with E-state index in [0.29, 0.717) is 0 Å². The molecule has 170 valence electrons. The van der Waals surface area contributed by atoms with Crippen molar-refractivity contribution in [3.05, 3.63) is 152 Å². The molecule has 0 nitrogen and oxygen atoms in total. The van der Waals surface area contributed by atoms with Crippen molar-refractivity contribution in [1.82, 2.24) is 0 Å². The first kappa shape index (κ1) is 21.8. The third kappa shape index (κ3) is 3.56. The molecule has 0 heteroatoms. The molecule has 0 aromatic heterocycles. The first-order valence-corrected chi connectivity index (χ1v) is 12.3. The second-order valence-corrected chi connectivity index (χ2v) is 9.01. The molecule has 0 aliphatic rings. The van der Waals surface area contributed by atoms with Crippen molar-refractivity contribution in [2.24, 2.45) is 0 Å². The second-order valence-electron chi connectivity index (χ2n) is 9.01. The number of hydrogen-bond acceptors (Lipinski definition) is 0. The third-order valence-electron chi connectivity index (χ3n) is 7.00. The highest BCUT2D eigenvalue weighted by molar-refractivity contribution is 6.23. The van der Waals surface area contributed by atoms with E-state index in [9.17, 15) is 0 Å². The molecule has 6 aromatic carbocycles. The summed E-state index contributed by atoms with van der Waals surface area (Å²) in [5.41, 5.74) is 7.20. The summed E-state index contributed by atoms with van der Waals surface area (Å²) in [5, 5.41) is 7.51. The molecule has 0 aliphatic carbocycles. The molecule has 6 aromatic rings. The molecule has 0 atom stereocenters. The standard InChI is InChI=1S/C36H26/c1-3-13-25(4-2)28-22-23-33-34(24-28)35(27-15-6-5-7-16-27)31-19-10-11-20-32(31)36(33)30-21-12-17-26-14-8-9-18-29(26)30/h3-24H,1-2H2. The molecule has 0 saturated carbocycles. The highest BCUT2D eigenvalue weighted by Crippen LogP contribution is 2.45. The summed E-state index contributed by atoms with van der Waals surface area (Å²) in [7, 11) is 0. The number of fused-ring (bicyclic) bond motifs is 3. The lowest BCUT2D eigenvalue weighted by atomic mass is 9.83. The van der Waals surface area contributed by atoms with E-state index in [1.807, 2.05) is 18.2 Å². The Labute approximate surface area is 212 Å². The summed E-state index contributed by atoms with van der Waals surface area (Å²) >= 11 is 0. The van der Waals surface area contributed by atoms with Crippen LogP contribution in [0.3, 0.4) is 0 Å². The van der Waals surface area contributed by atoms with Gasteiger partial charge in [-0.2, -0.15) is 0 Å². The maximum absolute atomic E-state index is 4.05. The molecule has 0 N–H and O–H groups in total. The van der Waals surface area contributed by atoms with Gasteiger partial charge in [-0.3, -0.25) is 0 Å². The van der Waals surface area contributed by atoms with E-state index in [0.717, 1.165) is 11.1 Å². The van der Waals surface area contributed by atoms with Crippen LogP contribution in [-0.4, -0.2) is 0 Å². The van der Waals surface area contributed by atoms with Gasteiger partial charge in [0.1, 0.15) is 0 Å². The van der Waals surface area contributed by atoms with Gasteiger partial charge in [0, 0.05) is 0 Å². The molecule has 0 heterocycles. The molecule has 0 radical (unpaired) electrons. The first-order chi connectivity index (χ1) is 17.8. The van der Waals surface area contributed by atoms with E-state index in [1.165, 1.54) is 54.6 Å². The number of allylic oxidation sites excluding steroid dienone is 4. The van der Waals surface area contributed by atoms with Crippen LogP contribution in [0.25, 0.3) is 60.1 Å². The largest absolute Gasteiger partial charge is 0.0990 e. The molecule has 0 aliphatic heterocycles. The zero-order chi connectivity index (χ0) is 24.5. The van der Waals surface area contributed by atoms with Gasteiger partial charge in [-0.05, 0) is 71.8 Å². The third-order valence-corrected chi connectivity index (χ3v) is 7.00. The van der Waals surface area contributed by atoms with Crippen molar-refractivity contribution < 1.29 is 0 Å². The predicted octanol–water partition coefficient (Wildman–Crippen LogP) is 10.2. The molecule has 0 unspecified atom stereocenters. The number of rotatable bonds is 5. The van der Waals surface area contributed by atoms with Crippen molar-refractivity contribution in [2.75, 3.05) is 0 Å². The van der Waals surface area contributed by atoms with Crippen LogP contribution in [-0.2, 0) is 0 Å². The predicted molar refractivity (Wildman–Crippen MR) is 158 cm³/mol. The van der Waals surface area contributed by atoms with E-state index in [1.54, 1.807) is 0 Å². The Hall–Kier alpha value is -4.68. The molecule has 0 spiro atoms. The quantitative estimate of drug-likeness (QED) is 0.178. The first-order valence-electron chi connectivity index (χ1n) is 12.3. The molecule has 0 fully saturated rings. The minimum Gasteiger partial charge on any atom is -0.0990 e. The van der Waals surface area contributed by atoms with Crippen LogP contribution in [0.4, 0.5) is 0 Å². The Morgan fingerprint density at radius 1 is 0.528 bits per heavy atom. The Morgan fingerprint density at radius 3 is 1.92 bits per heavy atom. The average Bonchev–Trinajstić information content (AvgIpc) is 2.94. The highest BCUT2D eigenvalue weighted by atomic mass is 14.2. The highest BCUT2D eigenvalue weighted by Gasteiger charge is 2.18. The fourth-order valence-corrected chi connectivity index (χ4v) is 5.42. The van der Waals surface area contributed by atoms with E-state index < -0.39 is 0 Å². The zero-order valence-electron chi connectivity index (χ0n) is 20.1. The SMILES string of the molecule is C=CC=C(C=C)c1ccc2c(-c3cccc4ccccc34)c3ccccc3c(-c3ccccc3)c2c1. The number of hydrogen-bond donors (Lipinski definition) is 0. The Balaban J connectivity index is 1.83. The van der Waals surface area contributed by atoms with Gasteiger partial charge in [-0.1, -0.05) is 141 Å². The topological polar surface area (TPSA) is 0 Å². The van der Waals surface area contributed by atoms with Gasteiger partial charge in [0.25, 0.3) is 0 Å². The lowest BCUT2D eigenvalue weighted by molar-refractivity contribution is 1.64. The summed E-state index contributed by atoms with van der Waals surface area (Å²) in [6, 6.07) is 41.6. The monoisotopic (exact) mass is 458 g/mol. The smallest absolute Gasteiger partial charge is 0.00201 e. The van der Waals surface area contributed by atoms with Crippen LogP contribution in [0.1, 0.15) is 5.56 Å². The van der Waals surface area contributed by atoms with Crippen LogP contribution in [0.5, 0.6) is 0 Å². The molecular formula is C36H26. The summed E-state index contributed by atoms with van der Waals surface area (Å²) in [5.74, 6) is 0. The Kier molecular flexibility index (Phi) is 5.56. The second kappa shape index (κ2) is 9.17.